The lowest BCUT2D eigenvalue weighted by Crippen LogP contribution is -2.60. The molecule has 53 heavy (non-hydrogen) atoms. The summed E-state index contributed by atoms with van der Waals surface area (Å²) >= 11 is 0. The summed E-state index contributed by atoms with van der Waals surface area (Å²) in [4.78, 5) is 44.9. The van der Waals surface area contributed by atoms with Gasteiger partial charge in [0.1, 0.15) is 6.04 Å². The highest BCUT2D eigenvalue weighted by Crippen LogP contribution is 2.56. The number of rotatable bonds is 10. The van der Waals surface area contributed by atoms with Crippen LogP contribution in [-0.2, 0) is 24.3 Å². The van der Waals surface area contributed by atoms with Crippen LogP contribution in [0.15, 0.2) is 35.9 Å². The van der Waals surface area contributed by atoms with Crippen LogP contribution in [0.2, 0.25) is 0 Å². The average Bonchev–Trinajstić information content (AvgIpc) is 3.77. The van der Waals surface area contributed by atoms with Crippen LogP contribution in [0.1, 0.15) is 96.9 Å². The summed E-state index contributed by atoms with van der Waals surface area (Å²) in [6.07, 6.45) is 2.69. The summed E-state index contributed by atoms with van der Waals surface area (Å²) in [5.74, 6) is -0.521. The molecule has 1 unspecified atom stereocenters. The average molecular weight is 735 g/mol. The fraction of sp³-hybridized carbons (Fsp3) is 0.575. The number of carbonyl (C=O) groups is 3. The predicted octanol–water partition coefficient (Wildman–Crippen LogP) is 5.47. The van der Waals surface area contributed by atoms with Crippen molar-refractivity contribution >= 4 is 17.8 Å². The summed E-state index contributed by atoms with van der Waals surface area (Å²) in [5, 5.41) is 17.6. The van der Waals surface area contributed by atoms with Gasteiger partial charge in [-0.15, -0.1) is 10.3 Å². The fourth-order valence-corrected chi connectivity index (χ4v) is 8.71. The second kappa shape index (κ2) is 13.7. The normalized spacial score (nSPS) is 24.4. The molecule has 1 fully saturated rings. The summed E-state index contributed by atoms with van der Waals surface area (Å²) in [6.45, 7) is 14.8. The Morgan fingerprint density at radius 3 is 2.08 bits per heavy atom. The molecule has 5 atom stereocenters. The Morgan fingerprint density at radius 1 is 0.962 bits per heavy atom. The van der Waals surface area contributed by atoms with Gasteiger partial charge in [0.15, 0.2) is 23.0 Å². The van der Waals surface area contributed by atoms with Gasteiger partial charge >= 0.3 is 5.97 Å². The van der Waals surface area contributed by atoms with Crippen molar-refractivity contribution in [2.45, 2.75) is 103 Å². The van der Waals surface area contributed by atoms with Crippen LogP contribution in [0.5, 0.6) is 28.7 Å². The minimum Gasteiger partial charge on any atom is -0.493 e. The molecule has 2 aromatic carbocycles. The van der Waals surface area contributed by atoms with Gasteiger partial charge in [-0.25, -0.2) is 0 Å². The smallest absolute Gasteiger partial charge is 0.310 e. The molecule has 1 N–H and O–H groups in total. The second-order valence-corrected chi connectivity index (χ2v) is 16.3. The first-order valence-corrected chi connectivity index (χ1v) is 18.2. The van der Waals surface area contributed by atoms with Gasteiger partial charge in [0, 0.05) is 22.9 Å². The largest absolute Gasteiger partial charge is 0.493 e. The second-order valence-electron chi connectivity index (χ2n) is 16.3. The summed E-state index contributed by atoms with van der Waals surface area (Å²) in [6, 6.07) is 5.81. The van der Waals surface area contributed by atoms with Crippen molar-refractivity contribution in [1.82, 2.24) is 15.3 Å². The number of amides is 2. The van der Waals surface area contributed by atoms with Crippen molar-refractivity contribution < 1.29 is 48.0 Å². The molecule has 2 amide bonds. The summed E-state index contributed by atoms with van der Waals surface area (Å²) < 4.78 is 34.4. The minimum atomic E-state index is -1.11. The lowest BCUT2D eigenvalue weighted by Gasteiger charge is -2.44. The van der Waals surface area contributed by atoms with Crippen molar-refractivity contribution in [2.75, 3.05) is 34.7 Å². The molecule has 0 bridgehead atoms. The zero-order valence-corrected chi connectivity index (χ0v) is 32.6. The number of hydroxylamine groups is 2. The Kier molecular flexibility index (Phi) is 9.91. The van der Waals surface area contributed by atoms with Gasteiger partial charge in [0.2, 0.25) is 18.4 Å². The zero-order valence-electron chi connectivity index (χ0n) is 32.6. The van der Waals surface area contributed by atoms with Gasteiger partial charge in [-0.05, 0) is 95.8 Å². The van der Waals surface area contributed by atoms with E-state index in [2.05, 4.69) is 5.32 Å². The molecule has 13 nitrogen and oxygen atoms in total. The topological polar surface area (TPSA) is 145 Å². The van der Waals surface area contributed by atoms with Crippen LogP contribution in [0.3, 0.4) is 0 Å². The van der Waals surface area contributed by atoms with Gasteiger partial charge in [-0.3, -0.25) is 14.4 Å². The van der Waals surface area contributed by atoms with Crippen LogP contribution >= 0.6 is 0 Å². The Morgan fingerprint density at radius 2 is 1.57 bits per heavy atom. The monoisotopic (exact) mass is 734 g/mol. The van der Waals surface area contributed by atoms with Crippen LogP contribution in [0, 0.1) is 11.8 Å². The number of benzene rings is 2. The van der Waals surface area contributed by atoms with Crippen LogP contribution in [0.4, 0.5) is 0 Å². The Balaban J connectivity index is 1.45. The van der Waals surface area contributed by atoms with Gasteiger partial charge < -0.3 is 38.6 Å². The molecule has 13 heteroatoms. The van der Waals surface area contributed by atoms with Crippen LogP contribution < -0.4 is 29.0 Å². The van der Waals surface area contributed by atoms with Crippen molar-refractivity contribution in [3.05, 3.63) is 52.6 Å². The number of nitrogens with zero attached hydrogens (tertiary/aromatic N) is 2. The maximum atomic E-state index is 14.8. The molecular weight excluding hydrogens is 682 g/mol. The molecule has 4 aliphatic rings. The molecule has 3 aliphatic heterocycles. The number of carbonyl (C=O) groups excluding carboxylic acids is 3. The molecule has 287 valence electrons. The van der Waals surface area contributed by atoms with E-state index in [1.54, 1.807) is 38.7 Å². The van der Waals surface area contributed by atoms with Gasteiger partial charge in [-0.2, -0.15) is 0 Å². The van der Waals surface area contributed by atoms with Crippen molar-refractivity contribution in [1.29, 1.82) is 0 Å². The first-order valence-electron chi connectivity index (χ1n) is 18.2. The molecule has 0 saturated carbocycles. The Hall–Kier alpha value is -4.49. The highest BCUT2D eigenvalue weighted by Gasteiger charge is 2.55. The zero-order chi connectivity index (χ0) is 38.8. The quantitative estimate of drug-likeness (QED) is 0.312. The maximum absolute atomic E-state index is 14.8. The molecule has 3 heterocycles. The highest BCUT2D eigenvalue weighted by molar-refractivity contribution is 6.00. The van der Waals surface area contributed by atoms with Crippen LogP contribution in [-0.4, -0.2) is 85.1 Å². The standard InChI is InChI=1S/C40H52N3O10/c1-12-13-26(42(38(2,3)4)36(45)25-18-39(5,6)43(47)40(25,7)8)35(44)41-33-23-17-28-27(52-20-53-28)16-22(23)31(32-24(33)19-51-37(32)46)21-14-29(48-9)34(50-11)30(15-21)49-10/h14-18,24,26,31-33H,12-13,19-20H2,1-11H3,(H,41,44)/t24-,26?,31+,32-,33+/m0/s1. The third-order valence-electron chi connectivity index (χ3n) is 11.1. The lowest BCUT2D eigenvalue weighted by molar-refractivity contribution is -0.239. The number of methoxy groups -OCH3 is 3. The van der Waals surface area contributed by atoms with E-state index in [1.165, 1.54) is 21.3 Å². The number of esters is 1. The summed E-state index contributed by atoms with van der Waals surface area (Å²) in [5.41, 5.74) is -0.243. The van der Waals surface area contributed by atoms with Crippen molar-refractivity contribution in [2.24, 2.45) is 11.8 Å². The molecular formula is C40H52N3O10. The highest BCUT2D eigenvalue weighted by atomic mass is 16.7. The molecule has 6 rings (SSSR count). The number of hydrogen-bond acceptors (Lipinski definition) is 10. The van der Waals surface area contributed by atoms with E-state index >= 15 is 0 Å². The molecule has 1 radical (unpaired) electrons. The van der Waals surface area contributed by atoms with Gasteiger partial charge in [-0.1, -0.05) is 19.4 Å². The number of ether oxygens (including phenoxy) is 6. The van der Waals surface area contributed by atoms with E-state index in [9.17, 15) is 19.6 Å². The first kappa shape index (κ1) is 38.2. The van der Waals surface area contributed by atoms with E-state index in [1.807, 2.05) is 52.0 Å². The van der Waals surface area contributed by atoms with E-state index < -0.39 is 52.4 Å². The molecule has 0 aromatic heterocycles. The molecule has 1 aliphatic carbocycles. The SMILES string of the molecule is CCCC(C(=O)N[C@@H]1c2cc3c(cc2[C@@H](c2cc(OC)c(OC)c(OC)c2)[C@H]2C(=O)OC[C@@H]21)OCO3)N(C(=O)C1=CC(C)(C)N([O])C1(C)C)C(C)(C)C. The number of fused-ring (bicyclic) bond motifs is 3. The molecule has 1 saturated heterocycles. The van der Waals surface area contributed by atoms with Gasteiger partial charge in [0.05, 0.1) is 51.0 Å². The Bertz CT molecular complexity index is 1800. The molecule has 0 spiro atoms. The Labute approximate surface area is 311 Å². The maximum Gasteiger partial charge on any atom is 0.310 e. The number of nitrogens with one attached hydrogen (secondary N) is 1. The third-order valence-corrected chi connectivity index (χ3v) is 11.1. The van der Waals surface area contributed by atoms with E-state index in [-0.39, 0.29) is 25.2 Å². The van der Waals surface area contributed by atoms with Crippen LogP contribution in [0.25, 0.3) is 0 Å². The number of hydrogen-bond donors (Lipinski definition) is 1. The number of cyclic esters (lactones) is 1. The van der Waals surface area contributed by atoms with Crippen molar-refractivity contribution in [3.63, 3.8) is 0 Å². The predicted molar refractivity (Wildman–Crippen MR) is 193 cm³/mol. The van der Waals surface area contributed by atoms with Crippen molar-refractivity contribution in [3.8, 4) is 28.7 Å². The molecule has 2 aromatic rings. The third kappa shape index (κ3) is 6.35. The lowest BCUT2D eigenvalue weighted by atomic mass is 9.65. The van der Waals surface area contributed by atoms with E-state index in [4.69, 9.17) is 28.4 Å². The summed E-state index contributed by atoms with van der Waals surface area (Å²) in [7, 11) is 4.60. The van der Waals surface area contributed by atoms with E-state index in [0.717, 1.165) is 21.8 Å². The minimum absolute atomic E-state index is 0.0318. The fourth-order valence-electron chi connectivity index (χ4n) is 8.71. The first-order chi connectivity index (χ1) is 24.9. The van der Waals surface area contributed by atoms with Gasteiger partial charge in [0.25, 0.3) is 5.91 Å². The van der Waals surface area contributed by atoms with E-state index in [0.29, 0.717) is 47.2 Å².